The highest BCUT2D eigenvalue weighted by Crippen LogP contribution is 2.29. The lowest BCUT2D eigenvalue weighted by molar-refractivity contribution is 0.309. The zero-order valence-corrected chi connectivity index (χ0v) is 16.5. The van der Waals surface area contributed by atoms with Crippen molar-refractivity contribution >= 4 is 21.5 Å². The zero-order chi connectivity index (χ0) is 19.0. The van der Waals surface area contributed by atoms with E-state index >= 15 is 0 Å². The number of hydrogen-bond acceptors (Lipinski definition) is 6. The zero-order valence-electron chi connectivity index (χ0n) is 15.7. The maximum atomic E-state index is 12.2. The second-order valence-electron chi connectivity index (χ2n) is 7.34. The van der Waals surface area contributed by atoms with Gasteiger partial charge in [-0.1, -0.05) is 12.1 Å². The fourth-order valence-corrected chi connectivity index (χ4v) is 5.32. The van der Waals surface area contributed by atoms with Crippen LogP contribution in [-0.4, -0.2) is 49.2 Å². The number of rotatable bonds is 4. The van der Waals surface area contributed by atoms with Gasteiger partial charge in [-0.3, -0.25) is 4.31 Å². The molecule has 144 valence electrons. The van der Waals surface area contributed by atoms with Crippen molar-refractivity contribution < 1.29 is 8.42 Å². The number of benzene rings is 1. The number of fused-ring (bicyclic) bond motifs is 1. The quantitative estimate of drug-likeness (QED) is 0.866. The minimum atomic E-state index is -3.17. The molecule has 7 nitrogen and oxygen atoms in total. The Morgan fingerprint density at radius 2 is 2.07 bits per heavy atom. The van der Waals surface area contributed by atoms with Crippen LogP contribution in [0, 0.1) is 0 Å². The molecule has 1 aromatic carbocycles. The Kier molecular flexibility index (Phi) is 4.77. The third-order valence-electron chi connectivity index (χ3n) is 5.30. The summed E-state index contributed by atoms with van der Waals surface area (Å²) >= 11 is 0. The van der Waals surface area contributed by atoms with Gasteiger partial charge >= 0.3 is 0 Å². The van der Waals surface area contributed by atoms with Crippen LogP contribution in [-0.2, 0) is 23.0 Å². The van der Waals surface area contributed by atoms with Crippen LogP contribution in [0.25, 0.3) is 0 Å². The molecule has 8 heteroatoms. The fraction of sp³-hybridized carbons (Fsp3) is 0.474. The summed E-state index contributed by atoms with van der Waals surface area (Å²) < 4.78 is 25.9. The van der Waals surface area contributed by atoms with Gasteiger partial charge in [-0.05, 0) is 38.1 Å². The molecular weight excluding hydrogens is 362 g/mol. The second kappa shape index (κ2) is 7.09. The van der Waals surface area contributed by atoms with Crippen molar-refractivity contribution in [1.29, 1.82) is 0 Å². The van der Waals surface area contributed by atoms with E-state index in [0.29, 0.717) is 13.0 Å². The highest BCUT2D eigenvalue weighted by Gasteiger charge is 2.28. The van der Waals surface area contributed by atoms with E-state index < -0.39 is 10.0 Å². The molecule has 0 bridgehead atoms. The van der Waals surface area contributed by atoms with Gasteiger partial charge in [0.2, 0.25) is 10.0 Å². The molecule has 1 saturated heterocycles. The van der Waals surface area contributed by atoms with Crippen molar-refractivity contribution in [1.82, 2.24) is 14.9 Å². The summed E-state index contributed by atoms with van der Waals surface area (Å²) in [5.41, 5.74) is 4.03. The van der Waals surface area contributed by atoms with Gasteiger partial charge in [-0.25, -0.2) is 18.4 Å². The average molecular weight is 388 g/mol. The molecule has 0 radical (unpaired) electrons. The highest BCUT2D eigenvalue weighted by molar-refractivity contribution is 7.93. The van der Waals surface area contributed by atoms with Crippen LogP contribution in [0.3, 0.4) is 0 Å². The second-order valence-corrected chi connectivity index (χ2v) is 9.35. The lowest BCUT2D eigenvalue weighted by Gasteiger charge is -2.27. The van der Waals surface area contributed by atoms with Gasteiger partial charge in [0.05, 0.1) is 23.2 Å². The normalized spacial score (nSPS) is 20.3. The number of aromatic nitrogens is 2. The van der Waals surface area contributed by atoms with Crippen molar-refractivity contribution in [2.24, 2.45) is 0 Å². The third kappa shape index (κ3) is 3.64. The van der Waals surface area contributed by atoms with Crippen LogP contribution in [0.4, 0.5) is 11.5 Å². The fourth-order valence-electron chi connectivity index (χ4n) is 3.77. The number of sulfonamides is 1. The molecule has 2 aromatic rings. The smallest absolute Gasteiger partial charge is 0.235 e. The summed E-state index contributed by atoms with van der Waals surface area (Å²) in [6, 6.07) is 7.76. The molecule has 3 heterocycles. The monoisotopic (exact) mass is 387 g/mol. The molecular formula is C19H25N5O2S. The van der Waals surface area contributed by atoms with Gasteiger partial charge in [0.25, 0.3) is 0 Å². The lowest BCUT2D eigenvalue weighted by atomic mass is 10.0. The molecule has 1 fully saturated rings. The standard InChI is InChI=1S/C19H25N5O2S/c1-14(22-19-17-12-23(2)9-7-18(17)20-13-21-19)15-5-3-6-16(11-15)24-8-4-10-27(24,25)26/h3,5-6,11,13-14H,4,7-10,12H2,1-2H3,(H,20,21,22). The summed E-state index contributed by atoms with van der Waals surface area (Å²) in [5, 5.41) is 3.50. The maximum absolute atomic E-state index is 12.2. The van der Waals surface area contributed by atoms with Crippen molar-refractivity contribution in [2.45, 2.75) is 32.4 Å². The maximum Gasteiger partial charge on any atom is 0.235 e. The predicted octanol–water partition coefficient (Wildman–Crippen LogP) is 2.18. The molecule has 1 atom stereocenters. The van der Waals surface area contributed by atoms with Gasteiger partial charge in [0.15, 0.2) is 0 Å². The minimum absolute atomic E-state index is 0.00138. The molecule has 0 spiro atoms. The van der Waals surface area contributed by atoms with Crippen LogP contribution in [0.1, 0.15) is 36.2 Å². The molecule has 0 saturated carbocycles. The SMILES string of the molecule is CC(Nc1ncnc2c1CN(C)CC2)c1cccc(N2CCCS2(=O)=O)c1. The Hall–Kier alpha value is -2.19. The van der Waals surface area contributed by atoms with E-state index in [1.54, 1.807) is 6.33 Å². The largest absolute Gasteiger partial charge is 0.363 e. The van der Waals surface area contributed by atoms with Gasteiger partial charge in [0.1, 0.15) is 12.1 Å². The third-order valence-corrected chi connectivity index (χ3v) is 7.17. The van der Waals surface area contributed by atoms with Crippen molar-refractivity contribution in [3.05, 3.63) is 47.4 Å². The van der Waals surface area contributed by atoms with E-state index in [4.69, 9.17) is 0 Å². The van der Waals surface area contributed by atoms with E-state index in [2.05, 4.69) is 34.2 Å². The molecule has 1 unspecified atom stereocenters. The van der Waals surface area contributed by atoms with Crippen LogP contribution in [0.5, 0.6) is 0 Å². The molecule has 0 aliphatic carbocycles. The van der Waals surface area contributed by atoms with Gasteiger partial charge in [-0.15, -0.1) is 0 Å². The summed E-state index contributed by atoms with van der Waals surface area (Å²) in [6.07, 6.45) is 3.23. The highest BCUT2D eigenvalue weighted by atomic mass is 32.2. The minimum Gasteiger partial charge on any atom is -0.363 e. The first-order valence-electron chi connectivity index (χ1n) is 9.32. The first kappa shape index (κ1) is 18.2. The van der Waals surface area contributed by atoms with Crippen LogP contribution < -0.4 is 9.62 Å². The number of likely N-dealkylation sites (N-methyl/N-ethyl adjacent to an activating group) is 1. The van der Waals surface area contributed by atoms with Crippen LogP contribution in [0.2, 0.25) is 0 Å². The van der Waals surface area contributed by atoms with E-state index in [0.717, 1.165) is 47.8 Å². The first-order chi connectivity index (χ1) is 12.9. The number of nitrogens with zero attached hydrogens (tertiary/aromatic N) is 4. The molecule has 2 aliphatic heterocycles. The Bertz CT molecular complexity index is 947. The van der Waals surface area contributed by atoms with Gasteiger partial charge in [0, 0.05) is 31.6 Å². The summed E-state index contributed by atoms with van der Waals surface area (Å²) in [7, 11) is -1.07. The Morgan fingerprint density at radius 3 is 2.85 bits per heavy atom. The molecule has 1 aromatic heterocycles. The van der Waals surface area contributed by atoms with E-state index in [1.165, 1.54) is 4.31 Å². The Balaban J connectivity index is 1.58. The van der Waals surface area contributed by atoms with Crippen molar-refractivity contribution in [2.75, 3.05) is 35.5 Å². The number of anilines is 2. The van der Waals surface area contributed by atoms with Crippen molar-refractivity contribution in [3.8, 4) is 0 Å². The summed E-state index contributed by atoms with van der Waals surface area (Å²) in [4.78, 5) is 11.1. The van der Waals surface area contributed by atoms with Gasteiger partial charge < -0.3 is 10.2 Å². The number of hydrogen-bond donors (Lipinski definition) is 1. The molecule has 4 rings (SSSR count). The first-order valence-corrected chi connectivity index (χ1v) is 10.9. The topological polar surface area (TPSA) is 78.4 Å². The molecule has 27 heavy (non-hydrogen) atoms. The van der Waals surface area contributed by atoms with Crippen LogP contribution >= 0.6 is 0 Å². The van der Waals surface area contributed by atoms with E-state index in [9.17, 15) is 8.42 Å². The predicted molar refractivity (Wildman–Crippen MR) is 106 cm³/mol. The summed E-state index contributed by atoms with van der Waals surface area (Å²) in [5.74, 6) is 1.09. The Morgan fingerprint density at radius 1 is 1.22 bits per heavy atom. The van der Waals surface area contributed by atoms with Gasteiger partial charge in [-0.2, -0.15) is 0 Å². The van der Waals surface area contributed by atoms with E-state index in [-0.39, 0.29) is 11.8 Å². The Labute approximate surface area is 160 Å². The summed E-state index contributed by atoms with van der Waals surface area (Å²) in [6.45, 7) is 4.46. The molecule has 2 aliphatic rings. The van der Waals surface area contributed by atoms with E-state index in [1.807, 2.05) is 24.3 Å². The van der Waals surface area contributed by atoms with Crippen LogP contribution in [0.15, 0.2) is 30.6 Å². The lowest BCUT2D eigenvalue weighted by Crippen LogP contribution is -2.29. The van der Waals surface area contributed by atoms with Crippen molar-refractivity contribution in [3.63, 3.8) is 0 Å². The number of nitrogens with one attached hydrogen (secondary N) is 1. The molecule has 0 amide bonds. The molecule has 1 N–H and O–H groups in total. The average Bonchev–Trinajstić information content (AvgIpc) is 3.01.